The summed E-state index contributed by atoms with van der Waals surface area (Å²) in [5, 5.41) is 48.1. The number of aromatic hydroxyl groups is 1. The number of nitro groups is 1. The normalized spacial score (nSPS) is 12.5. The first-order valence-electron chi connectivity index (χ1n) is 16.8. The fourth-order valence-corrected chi connectivity index (χ4v) is 9.47. The topological polar surface area (TPSA) is 438 Å². The molecule has 0 saturated heterocycles. The van der Waals surface area contributed by atoms with Crippen LogP contribution in [0.15, 0.2) is 129 Å². The lowest BCUT2D eigenvalue weighted by molar-refractivity contribution is -0.432. The van der Waals surface area contributed by atoms with Crippen LogP contribution in [0, 0.1) is 27.0 Å². The third-order valence-corrected chi connectivity index (χ3v) is 13.4. The average molecular weight is 1030 g/mol. The summed E-state index contributed by atoms with van der Waals surface area (Å²) in [5.41, 5.74) is 2.71. The van der Waals surface area contributed by atoms with E-state index in [1.807, 2.05) is 6.92 Å². The summed E-state index contributed by atoms with van der Waals surface area (Å²) in [5.74, 6) is -1.45. The van der Waals surface area contributed by atoms with Crippen LogP contribution in [-0.4, -0.2) is 67.2 Å². The van der Waals surface area contributed by atoms with Crippen LogP contribution in [0.25, 0.3) is 21.5 Å². The Kier molecular flexibility index (Phi) is 15.1. The zero-order valence-corrected chi connectivity index (χ0v) is 37.0. The minimum absolute atomic E-state index is 0.0284. The Bertz CT molecular complexity index is 3470. The predicted molar refractivity (Wildman–Crippen MR) is 230 cm³/mol. The molecule has 0 bridgehead atoms. The van der Waals surface area contributed by atoms with Gasteiger partial charge in [0.05, 0.1) is 49.9 Å². The monoisotopic (exact) mass is 1030 g/mol. The van der Waals surface area contributed by atoms with Crippen LogP contribution < -0.4 is 9.92 Å². The van der Waals surface area contributed by atoms with Crippen molar-refractivity contribution >= 4 is 120 Å². The highest BCUT2D eigenvalue weighted by Gasteiger charge is 2.28. The predicted octanol–water partition coefficient (Wildman–Crippen LogP) is 7.90. The third kappa shape index (κ3) is 11.2. The van der Waals surface area contributed by atoms with E-state index in [1.165, 1.54) is 6.07 Å². The highest BCUT2D eigenvalue weighted by Crippen LogP contribution is 2.50. The molecule has 0 aliphatic rings. The maximum atomic E-state index is 13.0. The Morgan fingerprint density at radius 1 is 0.667 bits per heavy atom. The maximum Gasteiger partial charge on any atom is 0.297 e. The van der Waals surface area contributed by atoms with Gasteiger partial charge in [0.1, 0.15) is 43.2 Å². The smallest absolute Gasteiger partial charge is 0.297 e. The molecule has 33 heteroatoms. The van der Waals surface area contributed by atoms with Crippen molar-refractivity contribution in [2.45, 2.75) is 36.3 Å². The fourth-order valence-electron chi connectivity index (χ4n) is 5.73. The number of azo groups is 2. The quantitative estimate of drug-likeness (QED) is 0.00976. The molecule has 6 rings (SSSR count). The van der Waals surface area contributed by atoms with Crippen molar-refractivity contribution in [1.29, 1.82) is 0 Å². The van der Waals surface area contributed by atoms with Crippen molar-refractivity contribution in [3.8, 4) is 11.5 Å². The fraction of sp³-hybridized carbons (Fsp3) is 0.0303. The molecular formula is C33H24N6O21S6. The standard InChI is InChI=1S/C33H24N6O19S6.O2/c1-15-2-5-17(6-3-15)59-56-25-12-18(61(44,45)46)11-20-19(25)7-9-23(33(20)64(53,54)55)36-37-24-14-27(62(47,48)49)21-13-26(60-58-57-43)31(32(40)29(21)30(24)34)38-35-22-8-4-16(39(41)42)10-28(22)63(50,51)52;1-2/h2-14,40,43H,34H2,1H3,(H,44,45,46)(H,47,48,49)(H,50,51,52)(H,53,54,55);. The molecule has 0 heterocycles. The Labute approximate surface area is 377 Å². The second-order valence-electron chi connectivity index (χ2n) is 12.6. The van der Waals surface area contributed by atoms with Gasteiger partial charge in [-0.2, -0.15) is 33.7 Å². The number of aryl methyl sites for hydroxylation is 1. The Morgan fingerprint density at radius 3 is 1.85 bits per heavy atom. The first-order chi connectivity index (χ1) is 30.8. The summed E-state index contributed by atoms with van der Waals surface area (Å²) < 4.78 is 151. The van der Waals surface area contributed by atoms with E-state index >= 15 is 0 Å². The van der Waals surface area contributed by atoms with Crippen molar-refractivity contribution in [3.05, 3.63) is 104 Å². The summed E-state index contributed by atoms with van der Waals surface area (Å²) in [6.45, 7) is 1.82. The van der Waals surface area contributed by atoms with E-state index in [1.54, 1.807) is 24.3 Å². The van der Waals surface area contributed by atoms with E-state index in [-0.39, 0.29) is 23.2 Å². The zero-order chi connectivity index (χ0) is 49.1. The number of phenols is 1. The molecule has 348 valence electrons. The number of hydrogen-bond acceptors (Lipinski definition) is 24. The van der Waals surface area contributed by atoms with Gasteiger partial charge in [0.15, 0.2) is 5.75 Å². The van der Waals surface area contributed by atoms with Crippen molar-refractivity contribution in [2.75, 3.05) is 5.73 Å². The molecule has 0 spiro atoms. The number of rotatable bonds is 15. The number of nitro benzene ring substituents is 1. The molecule has 0 aliphatic heterocycles. The maximum absolute atomic E-state index is 13.0. The highest BCUT2D eigenvalue weighted by molar-refractivity contribution is 7.95. The number of benzene rings is 6. The lowest BCUT2D eigenvalue weighted by atomic mass is 10.0. The van der Waals surface area contributed by atoms with Gasteiger partial charge >= 0.3 is 0 Å². The molecule has 0 radical (unpaired) electrons. The van der Waals surface area contributed by atoms with Crippen molar-refractivity contribution in [3.63, 3.8) is 0 Å². The number of fused-ring (bicyclic) bond motifs is 2. The Balaban J connectivity index is 0.00000403. The highest BCUT2D eigenvalue weighted by atomic mass is 32.2. The van der Waals surface area contributed by atoms with Crippen LogP contribution in [0.5, 0.6) is 11.5 Å². The molecule has 66 heavy (non-hydrogen) atoms. The second kappa shape index (κ2) is 19.6. The minimum atomic E-state index is -5.42. The van der Waals surface area contributed by atoms with Gasteiger partial charge in [0, 0.05) is 49.2 Å². The molecule has 0 unspecified atom stereocenters. The van der Waals surface area contributed by atoms with Gasteiger partial charge in [-0.15, -0.1) is 24.8 Å². The molecule has 0 atom stereocenters. The number of nitrogen functional groups attached to an aromatic ring is 1. The first kappa shape index (κ1) is 50.7. The number of nitrogens with zero attached hydrogens (tertiary/aromatic N) is 5. The van der Waals surface area contributed by atoms with Gasteiger partial charge < -0.3 is 15.0 Å². The van der Waals surface area contributed by atoms with Gasteiger partial charge in [-0.3, -0.25) is 28.3 Å². The van der Waals surface area contributed by atoms with Crippen LogP contribution in [0.2, 0.25) is 0 Å². The number of phenolic OH excluding ortho intramolecular Hbond substituents is 1. The number of anilines is 1. The van der Waals surface area contributed by atoms with Crippen molar-refractivity contribution in [1.82, 2.24) is 0 Å². The lowest BCUT2D eigenvalue weighted by Crippen LogP contribution is -2.03. The van der Waals surface area contributed by atoms with Crippen molar-refractivity contribution in [2.24, 2.45) is 20.5 Å². The van der Waals surface area contributed by atoms with Crippen LogP contribution in [-0.2, 0) is 49.8 Å². The van der Waals surface area contributed by atoms with Crippen molar-refractivity contribution < 1.29 is 80.7 Å². The molecule has 0 aromatic heterocycles. The summed E-state index contributed by atoms with van der Waals surface area (Å²) in [6.07, 6.45) is 0. The van der Waals surface area contributed by atoms with Crippen LogP contribution in [0.4, 0.5) is 34.1 Å². The second-order valence-corrected chi connectivity index (χ2v) is 19.8. The van der Waals surface area contributed by atoms with E-state index in [0.717, 1.165) is 47.9 Å². The lowest BCUT2D eigenvalue weighted by Gasteiger charge is -2.15. The molecule has 27 nitrogen and oxygen atoms in total. The molecule has 0 aliphatic carbocycles. The van der Waals surface area contributed by atoms with E-state index in [4.69, 9.17) is 25.1 Å². The zero-order valence-electron chi connectivity index (χ0n) is 32.1. The van der Waals surface area contributed by atoms with E-state index in [9.17, 15) is 67.1 Å². The van der Waals surface area contributed by atoms with Crippen LogP contribution >= 0.6 is 24.1 Å². The molecular weight excluding hydrogens is 1010 g/mol. The summed E-state index contributed by atoms with van der Waals surface area (Å²) in [7, 11) is -21.1. The third-order valence-electron chi connectivity index (χ3n) is 8.51. The molecule has 8 N–H and O–H groups in total. The van der Waals surface area contributed by atoms with E-state index < -0.39 is 126 Å². The number of hydrogen-bond donors (Lipinski definition) is 7. The van der Waals surface area contributed by atoms with E-state index in [2.05, 4.69) is 29.8 Å². The van der Waals surface area contributed by atoms with Gasteiger partial charge in [-0.05, 0) is 55.5 Å². The Hall–Kier alpha value is -6.34. The Morgan fingerprint density at radius 2 is 1.27 bits per heavy atom. The molecule has 6 aromatic rings. The average Bonchev–Trinajstić information content (AvgIpc) is 3.23. The summed E-state index contributed by atoms with van der Waals surface area (Å²) in [6, 6.07) is 13.9. The number of nitrogens with two attached hydrogens (primary N) is 1. The molecule has 6 aromatic carbocycles. The molecule has 0 fully saturated rings. The van der Waals surface area contributed by atoms with Crippen LogP contribution in [0.1, 0.15) is 5.56 Å². The van der Waals surface area contributed by atoms with E-state index in [0.29, 0.717) is 23.1 Å². The minimum Gasteiger partial charge on any atom is -0.505 e. The molecule has 0 saturated carbocycles. The van der Waals surface area contributed by atoms with Gasteiger partial charge in [-0.1, -0.05) is 22.7 Å². The van der Waals surface area contributed by atoms with Crippen LogP contribution in [0.3, 0.4) is 0 Å². The molecule has 0 amide bonds. The van der Waals surface area contributed by atoms with Gasteiger partial charge in [0.25, 0.3) is 46.2 Å². The van der Waals surface area contributed by atoms with Gasteiger partial charge in [-0.25, -0.2) is 5.26 Å². The van der Waals surface area contributed by atoms with Gasteiger partial charge in [0.2, 0.25) is 0 Å². The first-order valence-corrected chi connectivity index (χ1v) is 24.0. The summed E-state index contributed by atoms with van der Waals surface area (Å²) >= 11 is 0.758. The largest absolute Gasteiger partial charge is 0.505 e. The number of non-ortho nitro benzene ring substituents is 1. The SMILES string of the molecule is Cc1ccc(SOc2cc(S(=O)(=O)O)cc3c(S(=O)(=O)O)c(N=Nc4cc(S(=O)(=O)O)c5cc(SOOO)c(N=Nc6ccc([N+](=O)[O-])cc6S(=O)(=O)O)c(O)c5c4N)ccc23)cc1.O=O. The summed E-state index contributed by atoms with van der Waals surface area (Å²) in [4.78, 5) is 20.1.